The van der Waals surface area contributed by atoms with Crippen molar-refractivity contribution in [2.75, 3.05) is 18.0 Å². The van der Waals surface area contributed by atoms with Crippen LogP contribution in [0.4, 0.5) is 10.5 Å². The number of hydrogen-bond donors (Lipinski definition) is 2. The molecule has 156 valence electrons. The number of benzene rings is 1. The van der Waals surface area contributed by atoms with E-state index in [9.17, 15) is 14.7 Å². The summed E-state index contributed by atoms with van der Waals surface area (Å²) >= 11 is 13.1. The first-order valence-electron chi connectivity index (χ1n) is 9.44. The molecule has 0 radical (unpaired) electrons. The molecule has 1 saturated heterocycles. The third-order valence-corrected chi connectivity index (χ3v) is 5.38. The van der Waals surface area contributed by atoms with Gasteiger partial charge in [-0.1, -0.05) is 23.2 Å². The van der Waals surface area contributed by atoms with Crippen LogP contribution in [0.15, 0.2) is 6.07 Å². The number of anilines is 1. The van der Waals surface area contributed by atoms with Gasteiger partial charge in [0, 0.05) is 19.5 Å². The van der Waals surface area contributed by atoms with Crippen LogP contribution < -0.4 is 10.2 Å². The van der Waals surface area contributed by atoms with Crippen molar-refractivity contribution in [1.29, 1.82) is 0 Å². The molecule has 1 atom stereocenters. The average molecular weight is 431 g/mol. The maximum Gasteiger partial charge on any atom is 0.408 e. The summed E-state index contributed by atoms with van der Waals surface area (Å²) in [5.74, 6) is -1.15. The van der Waals surface area contributed by atoms with Crippen LogP contribution in [-0.4, -0.2) is 41.9 Å². The Morgan fingerprint density at radius 1 is 1.25 bits per heavy atom. The van der Waals surface area contributed by atoms with Crippen LogP contribution in [0.25, 0.3) is 0 Å². The number of nitrogens with one attached hydrogen (secondary N) is 1. The van der Waals surface area contributed by atoms with Gasteiger partial charge in [-0.25, -0.2) is 9.59 Å². The zero-order valence-electron chi connectivity index (χ0n) is 16.8. The lowest BCUT2D eigenvalue weighted by Gasteiger charge is -2.31. The van der Waals surface area contributed by atoms with Crippen LogP contribution >= 0.6 is 23.2 Å². The molecule has 0 aliphatic carbocycles. The molecule has 1 aliphatic heterocycles. The Hall–Kier alpha value is -1.66. The molecular formula is C20H28Cl2N2O4. The molecule has 1 aliphatic rings. The van der Waals surface area contributed by atoms with Gasteiger partial charge in [0.1, 0.15) is 11.6 Å². The normalized spacial score (nSPS) is 15.9. The molecule has 28 heavy (non-hydrogen) atoms. The van der Waals surface area contributed by atoms with Crippen molar-refractivity contribution in [3.8, 4) is 0 Å². The van der Waals surface area contributed by atoms with Crippen molar-refractivity contribution in [3.05, 3.63) is 27.2 Å². The SMILES string of the molecule is Cc1c(CC(NC(=O)OC(C)(C)C)C(=O)O)cc(Cl)c(N2CCCCC2)c1Cl. The Kier molecular flexibility index (Phi) is 7.46. The Morgan fingerprint density at radius 3 is 2.39 bits per heavy atom. The number of carboxylic acids is 1. The van der Waals surface area contributed by atoms with Gasteiger partial charge in [0.05, 0.1) is 15.7 Å². The highest BCUT2D eigenvalue weighted by molar-refractivity contribution is 6.39. The summed E-state index contributed by atoms with van der Waals surface area (Å²) in [5.41, 5.74) is 1.53. The minimum Gasteiger partial charge on any atom is -0.480 e. The topological polar surface area (TPSA) is 78.9 Å². The molecule has 1 fully saturated rings. The van der Waals surface area contributed by atoms with Gasteiger partial charge in [-0.15, -0.1) is 0 Å². The fraction of sp³-hybridized carbons (Fsp3) is 0.600. The summed E-state index contributed by atoms with van der Waals surface area (Å²) < 4.78 is 5.16. The first-order valence-corrected chi connectivity index (χ1v) is 10.2. The van der Waals surface area contributed by atoms with E-state index < -0.39 is 23.7 Å². The van der Waals surface area contributed by atoms with E-state index in [-0.39, 0.29) is 6.42 Å². The van der Waals surface area contributed by atoms with Crippen molar-refractivity contribution in [2.24, 2.45) is 0 Å². The minimum absolute atomic E-state index is 0.0557. The Labute approximate surface area is 176 Å². The molecule has 0 bridgehead atoms. The lowest BCUT2D eigenvalue weighted by atomic mass is 9.99. The third kappa shape index (κ3) is 5.92. The molecule has 1 heterocycles. The lowest BCUT2D eigenvalue weighted by molar-refractivity contribution is -0.139. The molecular weight excluding hydrogens is 403 g/mol. The molecule has 0 saturated carbocycles. The van der Waals surface area contributed by atoms with Gasteiger partial charge in [0.15, 0.2) is 0 Å². The Morgan fingerprint density at radius 2 is 1.86 bits per heavy atom. The second kappa shape index (κ2) is 9.23. The summed E-state index contributed by atoms with van der Waals surface area (Å²) in [4.78, 5) is 25.8. The van der Waals surface area contributed by atoms with Crippen LogP contribution in [0.3, 0.4) is 0 Å². The van der Waals surface area contributed by atoms with E-state index in [1.165, 1.54) is 6.42 Å². The number of hydrogen-bond acceptors (Lipinski definition) is 4. The molecule has 1 unspecified atom stereocenters. The maximum atomic E-state index is 12.0. The predicted molar refractivity (Wildman–Crippen MR) is 112 cm³/mol. The summed E-state index contributed by atoms with van der Waals surface area (Å²) in [6, 6.07) is 0.598. The quantitative estimate of drug-likeness (QED) is 0.700. The number of aliphatic carboxylic acids is 1. The summed E-state index contributed by atoms with van der Waals surface area (Å²) in [7, 11) is 0. The van der Waals surface area contributed by atoms with Gasteiger partial charge >= 0.3 is 12.1 Å². The average Bonchev–Trinajstić information content (AvgIpc) is 2.58. The van der Waals surface area contributed by atoms with Gasteiger partial charge in [-0.05, 0) is 64.2 Å². The van der Waals surface area contributed by atoms with Crippen molar-refractivity contribution in [2.45, 2.75) is 65.0 Å². The van der Waals surface area contributed by atoms with Gasteiger partial charge in [0.2, 0.25) is 0 Å². The Bertz CT molecular complexity index is 741. The molecule has 2 rings (SSSR count). The number of amides is 1. The zero-order chi connectivity index (χ0) is 21.1. The highest BCUT2D eigenvalue weighted by Crippen LogP contribution is 2.39. The van der Waals surface area contributed by atoms with Gasteiger partial charge in [0.25, 0.3) is 0 Å². The van der Waals surface area contributed by atoms with E-state index in [4.69, 9.17) is 27.9 Å². The molecule has 1 aromatic carbocycles. The molecule has 1 aromatic rings. The standard InChI is InChI=1S/C20H28Cl2N2O4/c1-12-13(11-15(18(25)26)23-19(27)28-20(2,3)4)10-14(21)17(16(12)22)24-8-6-5-7-9-24/h10,15H,5-9,11H2,1-4H3,(H,23,27)(H,25,26). The number of nitrogens with zero attached hydrogens (tertiary/aromatic N) is 1. The number of carboxylic acid groups (broad SMARTS) is 1. The molecule has 1 amide bonds. The first-order chi connectivity index (χ1) is 13.0. The lowest BCUT2D eigenvalue weighted by Crippen LogP contribution is -2.44. The van der Waals surface area contributed by atoms with Crippen molar-refractivity contribution in [3.63, 3.8) is 0 Å². The van der Waals surface area contributed by atoms with Crippen LogP contribution in [0.1, 0.15) is 51.2 Å². The Balaban J connectivity index is 2.23. The maximum absolute atomic E-state index is 12.0. The largest absolute Gasteiger partial charge is 0.480 e. The fourth-order valence-corrected chi connectivity index (χ4v) is 3.98. The molecule has 0 aromatic heterocycles. The van der Waals surface area contributed by atoms with Crippen LogP contribution in [0, 0.1) is 6.92 Å². The van der Waals surface area contributed by atoms with Crippen LogP contribution in [-0.2, 0) is 16.0 Å². The zero-order valence-corrected chi connectivity index (χ0v) is 18.3. The molecule has 0 spiro atoms. The number of rotatable bonds is 5. The van der Waals surface area contributed by atoms with E-state index in [1.54, 1.807) is 26.8 Å². The first kappa shape index (κ1) is 22.6. The van der Waals surface area contributed by atoms with Gasteiger partial charge in [-0.2, -0.15) is 0 Å². The number of alkyl carbamates (subject to hydrolysis) is 1. The van der Waals surface area contributed by atoms with E-state index in [1.807, 2.05) is 6.92 Å². The number of carbonyl (C=O) groups excluding carboxylic acids is 1. The van der Waals surface area contributed by atoms with E-state index in [2.05, 4.69) is 10.2 Å². The highest BCUT2D eigenvalue weighted by atomic mass is 35.5. The fourth-order valence-electron chi connectivity index (χ4n) is 3.24. The third-order valence-electron chi connectivity index (χ3n) is 4.63. The smallest absolute Gasteiger partial charge is 0.408 e. The number of ether oxygens (including phenoxy) is 1. The number of halogens is 2. The van der Waals surface area contributed by atoms with Crippen LogP contribution in [0.5, 0.6) is 0 Å². The summed E-state index contributed by atoms with van der Waals surface area (Å²) in [5, 5.41) is 13.0. The van der Waals surface area contributed by atoms with E-state index >= 15 is 0 Å². The second-order valence-corrected chi connectivity index (χ2v) is 8.88. The minimum atomic E-state index is -1.15. The molecule has 2 N–H and O–H groups in total. The van der Waals surface area contributed by atoms with Crippen molar-refractivity contribution < 1.29 is 19.4 Å². The van der Waals surface area contributed by atoms with Gasteiger partial charge < -0.3 is 20.1 Å². The van der Waals surface area contributed by atoms with Gasteiger partial charge in [-0.3, -0.25) is 0 Å². The van der Waals surface area contributed by atoms with E-state index in [0.717, 1.165) is 37.2 Å². The second-order valence-electron chi connectivity index (χ2n) is 8.09. The summed E-state index contributed by atoms with van der Waals surface area (Å²) in [6.07, 6.45) is 2.65. The molecule has 6 nitrogen and oxygen atoms in total. The van der Waals surface area contributed by atoms with E-state index in [0.29, 0.717) is 15.6 Å². The number of carbonyl (C=O) groups is 2. The van der Waals surface area contributed by atoms with Crippen molar-refractivity contribution in [1.82, 2.24) is 5.32 Å². The monoisotopic (exact) mass is 430 g/mol. The predicted octanol–water partition coefficient (Wildman–Crippen LogP) is 4.81. The molecule has 8 heteroatoms. The summed E-state index contributed by atoms with van der Waals surface area (Å²) in [6.45, 7) is 8.78. The van der Waals surface area contributed by atoms with Crippen LogP contribution in [0.2, 0.25) is 10.0 Å². The highest BCUT2D eigenvalue weighted by Gasteiger charge is 2.27. The van der Waals surface area contributed by atoms with Crippen molar-refractivity contribution >= 4 is 41.0 Å². The number of piperidine rings is 1.